The van der Waals surface area contributed by atoms with Crippen LogP contribution in [0.3, 0.4) is 0 Å². The Hall–Kier alpha value is -2.90. The molecule has 2 aliphatic heterocycles. The van der Waals surface area contributed by atoms with Crippen LogP contribution in [0.1, 0.15) is 58.3 Å². The van der Waals surface area contributed by atoms with Crippen molar-refractivity contribution in [1.29, 1.82) is 0 Å². The second kappa shape index (κ2) is 8.35. The Bertz CT molecular complexity index is 1050. The first-order chi connectivity index (χ1) is 16.8. The zero-order valence-corrected chi connectivity index (χ0v) is 20.2. The fourth-order valence-corrected chi connectivity index (χ4v) is 7.88. The van der Waals surface area contributed by atoms with E-state index in [1.54, 1.807) is 29.2 Å². The van der Waals surface area contributed by atoms with Gasteiger partial charge in [0.1, 0.15) is 12.6 Å². The third kappa shape index (κ3) is 3.81. The number of rotatable bonds is 4. The van der Waals surface area contributed by atoms with Crippen molar-refractivity contribution in [3.05, 3.63) is 24.3 Å². The van der Waals surface area contributed by atoms with Crippen LogP contribution < -0.4 is 10.2 Å². The standard InChI is InChI=1S/C27H33N3O5/c1-16(24(32)30-15-23(31)28-20-5-2-3-6-21(20)30)35-25(33)22-7-4-8-29(22)26(34)27-12-17-9-18(13-27)11-19(10-17)14-27/h2-3,5-6,16-19,22H,4,7-15H2,1H3,(H,28,31)/t16-,17?,18?,19?,22+,27?/m0/s1. The molecule has 6 aliphatic rings. The lowest BCUT2D eigenvalue weighted by Crippen LogP contribution is -2.56. The summed E-state index contributed by atoms with van der Waals surface area (Å²) in [5, 5.41) is 2.76. The van der Waals surface area contributed by atoms with E-state index in [4.69, 9.17) is 4.74 Å². The number of likely N-dealkylation sites (tertiary alicyclic amines) is 1. The van der Waals surface area contributed by atoms with Gasteiger partial charge < -0.3 is 15.0 Å². The molecule has 0 unspecified atom stereocenters. The molecule has 4 aliphatic carbocycles. The summed E-state index contributed by atoms with van der Waals surface area (Å²) in [6.45, 7) is 1.98. The van der Waals surface area contributed by atoms with E-state index < -0.39 is 24.0 Å². The zero-order valence-electron chi connectivity index (χ0n) is 20.2. The number of nitrogens with zero attached hydrogens (tertiary/aromatic N) is 2. The van der Waals surface area contributed by atoms with Crippen molar-refractivity contribution in [1.82, 2.24) is 4.90 Å². The summed E-state index contributed by atoms with van der Waals surface area (Å²) in [7, 11) is 0. The van der Waals surface area contributed by atoms with Gasteiger partial charge in [-0.15, -0.1) is 0 Å². The van der Waals surface area contributed by atoms with E-state index in [0.717, 1.165) is 25.7 Å². The summed E-state index contributed by atoms with van der Waals surface area (Å²) in [5.74, 6) is 0.838. The van der Waals surface area contributed by atoms with Crippen LogP contribution in [0.4, 0.5) is 11.4 Å². The molecule has 4 bridgehead atoms. The van der Waals surface area contributed by atoms with E-state index in [1.165, 1.54) is 31.1 Å². The van der Waals surface area contributed by atoms with Crippen LogP contribution in [0, 0.1) is 23.2 Å². The smallest absolute Gasteiger partial charge is 0.329 e. The number of ether oxygens (including phenoxy) is 1. The number of benzene rings is 1. The van der Waals surface area contributed by atoms with Gasteiger partial charge in [-0.25, -0.2) is 4.79 Å². The van der Waals surface area contributed by atoms with E-state index in [2.05, 4.69) is 5.32 Å². The van der Waals surface area contributed by atoms with Gasteiger partial charge in [0, 0.05) is 6.54 Å². The van der Waals surface area contributed by atoms with Crippen LogP contribution >= 0.6 is 0 Å². The molecule has 5 fully saturated rings. The first-order valence-electron chi connectivity index (χ1n) is 13.0. The summed E-state index contributed by atoms with van der Waals surface area (Å²) < 4.78 is 5.64. The number of esters is 1. The van der Waals surface area contributed by atoms with Gasteiger partial charge in [0.15, 0.2) is 6.10 Å². The molecule has 1 aromatic carbocycles. The molecule has 0 spiro atoms. The lowest BCUT2D eigenvalue weighted by Gasteiger charge is -2.56. The number of hydrogen-bond acceptors (Lipinski definition) is 5. The molecule has 0 radical (unpaired) electrons. The van der Waals surface area contributed by atoms with Crippen molar-refractivity contribution in [3.8, 4) is 0 Å². The van der Waals surface area contributed by atoms with Gasteiger partial charge >= 0.3 is 5.97 Å². The lowest BCUT2D eigenvalue weighted by atomic mass is 9.49. The highest BCUT2D eigenvalue weighted by atomic mass is 16.5. The summed E-state index contributed by atoms with van der Waals surface area (Å²) >= 11 is 0. The number of anilines is 2. The van der Waals surface area contributed by atoms with Gasteiger partial charge in [-0.1, -0.05) is 12.1 Å². The highest BCUT2D eigenvalue weighted by Crippen LogP contribution is 2.60. The van der Waals surface area contributed by atoms with Crippen LogP contribution in [0.25, 0.3) is 0 Å². The minimum absolute atomic E-state index is 0.127. The largest absolute Gasteiger partial charge is 0.451 e. The van der Waals surface area contributed by atoms with Gasteiger partial charge in [0.2, 0.25) is 11.8 Å². The third-order valence-corrected chi connectivity index (χ3v) is 8.96. The Morgan fingerprint density at radius 1 is 1.06 bits per heavy atom. The maximum absolute atomic E-state index is 13.9. The molecule has 8 heteroatoms. The molecule has 3 amide bonds. The normalized spacial score (nSPS) is 33.8. The van der Waals surface area contributed by atoms with E-state index >= 15 is 0 Å². The summed E-state index contributed by atoms with van der Waals surface area (Å²) in [5.41, 5.74) is 0.836. The van der Waals surface area contributed by atoms with Crippen molar-refractivity contribution < 1.29 is 23.9 Å². The van der Waals surface area contributed by atoms with Crippen molar-refractivity contribution >= 4 is 35.1 Å². The van der Waals surface area contributed by atoms with Crippen LogP contribution in [-0.2, 0) is 23.9 Å². The maximum atomic E-state index is 13.9. The molecule has 4 saturated carbocycles. The Labute approximate surface area is 205 Å². The molecule has 1 saturated heterocycles. The second-order valence-electron chi connectivity index (χ2n) is 11.4. The minimum atomic E-state index is -1.06. The number of amides is 3. The number of para-hydroxylation sites is 2. The van der Waals surface area contributed by atoms with Crippen molar-refractivity contribution in [2.24, 2.45) is 23.2 Å². The van der Waals surface area contributed by atoms with Crippen molar-refractivity contribution in [2.75, 3.05) is 23.3 Å². The molecule has 1 aromatic rings. The highest BCUT2D eigenvalue weighted by Gasteiger charge is 2.57. The van der Waals surface area contributed by atoms with Crippen LogP contribution in [0.5, 0.6) is 0 Å². The predicted molar refractivity (Wildman–Crippen MR) is 128 cm³/mol. The van der Waals surface area contributed by atoms with Gasteiger partial charge in [-0.3, -0.25) is 19.3 Å². The summed E-state index contributed by atoms with van der Waals surface area (Å²) in [4.78, 5) is 55.5. The van der Waals surface area contributed by atoms with Gasteiger partial charge in [0.05, 0.1) is 16.8 Å². The minimum Gasteiger partial charge on any atom is -0.451 e. The number of hydrogen-bond donors (Lipinski definition) is 1. The lowest BCUT2D eigenvalue weighted by molar-refractivity contribution is -0.168. The van der Waals surface area contributed by atoms with E-state index in [0.29, 0.717) is 42.1 Å². The number of carbonyl (C=O) groups is 4. The number of fused-ring (bicyclic) bond motifs is 1. The Kier molecular flexibility index (Phi) is 5.38. The van der Waals surface area contributed by atoms with Gasteiger partial charge in [-0.05, 0) is 88.2 Å². The van der Waals surface area contributed by atoms with Gasteiger partial charge in [0.25, 0.3) is 5.91 Å². The molecule has 186 valence electrons. The SMILES string of the molecule is C[C@H](OC(=O)[C@H]1CCCN1C(=O)C12CC3CC(CC(C3)C1)C2)C(=O)N1CC(=O)Nc2ccccc21. The van der Waals surface area contributed by atoms with Crippen molar-refractivity contribution in [2.45, 2.75) is 70.4 Å². The van der Waals surface area contributed by atoms with Crippen LogP contribution in [0.2, 0.25) is 0 Å². The zero-order chi connectivity index (χ0) is 24.3. The first-order valence-corrected chi connectivity index (χ1v) is 13.0. The molecule has 1 N–H and O–H groups in total. The fraction of sp³-hybridized carbons (Fsp3) is 0.630. The van der Waals surface area contributed by atoms with Crippen LogP contribution in [0.15, 0.2) is 24.3 Å². The molecular weight excluding hydrogens is 446 g/mol. The Balaban J connectivity index is 1.15. The second-order valence-corrected chi connectivity index (χ2v) is 11.4. The van der Waals surface area contributed by atoms with E-state index in [1.807, 2.05) is 0 Å². The molecule has 7 rings (SSSR count). The monoisotopic (exact) mass is 479 g/mol. The van der Waals surface area contributed by atoms with Crippen molar-refractivity contribution in [3.63, 3.8) is 0 Å². The quantitative estimate of drug-likeness (QED) is 0.670. The predicted octanol–water partition coefficient (Wildman–Crippen LogP) is 3.11. The highest BCUT2D eigenvalue weighted by molar-refractivity contribution is 6.11. The molecule has 8 nitrogen and oxygen atoms in total. The van der Waals surface area contributed by atoms with E-state index in [-0.39, 0.29) is 23.8 Å². The van der Waals surface area contributed by atoms with E-state index in [9.17, 15) is 19.2 Å². The summed E-state index contributed by atoms with van der Waals surface area (Å²) in [6, 6.07) is 6.42. The fourth-order valence-electron chi connectivity index (χ4n) is 7.88. The molecule has 2 heterocycles. The molecule has 2 atom stereocenters. The third-order valence-electron chi connectivity index (χ3n) is 8.96. The number of carbonyl (C=O) groups excluding carboxylic acids is 4. The molecule has 0 aromatic heterocycles. The Morgan fingerprint density at radius 3 is 2.40 bits per heavy atom. The summed E-state index contributed by atoms with van der Waals surface area (Å²) in [6.07, 6.45) is 6.93. The first kappa shape index (κ1) is 22.6. The average Bonchev–Trinajstić information content (AvgIpc) is 3.31. The van der Waals surface area contributed by atoms with Crippen LogP contribution in [-0.4, -0.2) is 53.8 Å². The molecule has 35 heavy (non-hydrogen) atoms. The Morgan fingerprint density at radius 2 is 1.71 bits per heavy atom. The molecular formula is C27H33N3O5. The number of nitrogens with one attached hydrogen (secondary N) is 1. The maximum Gasteiger partial charge on any atom is 0.329 e. The average molecular weight is 480 g/mol. The topological polar surface area (TPSA) is 96.0 Å². The van der Waals surface area contributed by atoms with Gasteiger partial charge in [-0.2, -0.15) is 0 Å².